The zero-order valence-corrected chi connectivity index (χ0v) is 57.6. The van der Waals surface area contributed by atoms with Crippen LogP contribution in [0.2, 0.25) is 5.02 Å². The number of hydrogen-bond acceptors (Lipinski definition) is 2. The molecule has 0 bridgehead atoms. The Labute approximate surface area is 569 Å². The average molecular weight is 1260 g/mol. The SMILES string of the molecule is CC(C)(C)c1cc(-c2ccccc2)c(N2c3ccc(-c4ccc([Si](c5ccccc5)(c5ccccc5)c5ccccc5)cc4)cc3B3c4ccc(Cl)cc4N(c4c(-c5ccccc5)cc(C(C)(C)C)cc4-c4ccccc4)c4cc(C(C)(C)C)cc2c43)c(-c2ccccc2)c1. The van der Waals surface area contributed by atoms with Crippen LogP contribution in [0.25, 0.3) is 55.6 Å². The second kappa shape index (κ2) is 24.1. The Bertz CT molecular complexity index is 4760. The molecule has 462 valence electrons. The van der Waals surface area contributed by atoms with Gasteiger partial charge in [0.05, 0.1) is 11.4 Å². The topological polar surface area (TPSA) is 6.48 Å². The average Bonchev–Trinajstić information content (AvgIpc) is 0.688. The number of anilines is 6. The largest absolute Gasteiger partial charge is 0.310 e. The van der Waals surface area contributed by atoms with Crippen molar-refractivity contribution in [2.75, 3.05) is 9.80 Å². The molecule has 0 saturated carbocycles. The van der Waals surface area contributed by atoms with Crippen molar-refractivity contribution in [2.24, 2.45) is 0 Å². The van der Waals surface area contributed by atoms with Gasteiger partial charge in [0.15, 0.2) is 8.07 Å². The number of hydrogen-bond donors (Lipinski definition) is 0. The molecule has 2 aliphatic heterocycles. The number of rotatable bonds is 11. The van der Waals surface area contributed by atoms with E-state index in [9.17, 15) is 0 Å². The maximum absolute atomic E-state index is 7.53. The van der Waals surface area contributed by atoms with Crippen molar-refractivity contribution in [3.05, 3.63) is 331 Å². The molecular formula is C90H78BClN2Si. The molecule has 0 amide bonds. The van der Waals surface area contributed by atoms with Crippen molar-refractivity contribution >= 4 is 97.6 Å². The summed E-state index contributed by atoms with van der Waals surface area (Å²) >= 11 is 7.53. The Balaban J connectivity index is 1.07. The zero-order valence-electron chi connectivity index (χ0n) is 55.8. The van der Waals surface area contributed by atoms with Crippen LogP contribution in [0.5, 0.6) is 0 Å². The van der Waals surface area contributed by atoms with E-state index < -0.39 is 8.07 Å². The lowest BCUT2D eigenvalue weighted by molar-refractivity contribution is 0.590. The highest BCUT2D eigenvalue weighted by molar-refractivity contribution is 7.19. The molecule has 95 heavy (non-hydrogen) atoms. The summed E-state index contributed by atoms with van der Waals surface area (Å²) in [6.45, 7) is 20.9. The van der Waals surface area contributed by atoms with Crippen molar-refractivity contribution in [1.82, 2.24) is 0 Å². The zero-order chi connectivity index (χ0) is 65.4. The molecule has 0 N–H and O–H groups in total. The molecule has 15 rings (SSSR count). The molecule has 2 heterocycles. The van der Waals surface area contributed by atoms with Gasteiger partial charge in [-0.3, -0.25) is 0 Å². The van der Waals surface area contributed by atoms with Gasteiger partial charge in [-0.25, -0.2) is 0 Å². The van der Waals surface area contributed by atoms with Crippen LogP contribution in [-0.2, 0) is 16.2 Å². The van der Waals surface area contributed by atoms with Crippen LogP contribution in [0.3, 0.4) is 0 Å². The molecular weight excluding hydrogens is 1180 g/mol. The monoisotopic (exact) mass is 1260 g/mol. The van der Waals surface area contributed by atoms with E-state index in [0.717, 1.165) is 78.6 Å². The molecule has 0 spiro atoms. The van der Waals surface area contributed by atoms with Crippen molar-refractivity contribution in [2.45, 2.75) is 78.6 Å². The molecule has 0 aromatic heterocycles. The van der Waals surface area contributed by atoms with Gasteiger partial charge in [0, 0.05) is 50.0 Å². The number of fused-ring (bicyclic) bond motifs is 4. The standard InChI is InChI=1S/C90H78BClN2Si/c1-88(2,3)67-54-75(62-31-17-10-18-32-62)86(76(55-67)63-33-19-11-20-34-63)93-81-52-47-66(61-45-49-74(50-46-61)95(71-39-25-14-26-40-71,72-41-27-15-28-42-72)73-43-29-16-30-44-73)53-80(81)91-79-51-48-70(92)60-82(79)94(84-59-69(90(7,8)9)58-83(93)85(84)91)87-77(64-35-21-12-22-36-64)56-68(89(4,5)6)57-78(87)65-37-23-13-24-38-65/h10-60H,1-9H3. The smallest absolute Gasteiger partial charge is 0.252 e. The summed E-state index contributed by atoms with van der Waals surface area (Å²) in [5.74, 6) is 0. The van der Waals surface area contributed by atoms with Crippen LogP contribution in [0.1, 0.15) is 79.0 Å². The maximum Gasteiger partial charge on any atom is 0.252 e. The normalized spacial score (nSPS) is 12.9. The van der Waals surface area contributed by atoms with Gasteiger partial charge in [0.25, 0.3) is 6.71 Å². The lowest BCUT2D eigenvalue weighted by Gasteiger charge is -2.46. The summed E-state index contributed by atoms with van der Waals surface area (Å²) in [6, 6.07) is 117. The minimum atomic E-state index is -2.82. The van der Waals surface area contributed by atoms with E-state index in [1.54, 1.807) is 0 Å². The van der Waals surface area contributed by atoms with Gasteiger partial charge in [0.2, 0.25) is 0 Å². The van der Waals surface area contributed by atoms with Gasteiger partial charge in [-0.1, -0.05) is 329 Å². The van der Waals surface area contributed by atoms with E-state index >= 15 is 0 Å². The molecule has 2 aliphatic rings. The number of benzene rings is 13. The third-order valence-electron chi connectivity index (χ3n) is 19.9. The minimum absolute atomic E-state index is 0.167. The molecule has 5 heteroatoms. The summed E-state index contributed by atoms with van der Waals surface area (Å²) in [7, 11) is -2.82. The number of nitrogens with zero attached hydrogens (tertiary/aromatic N) is 2. The lowest BCUT2D eigenvalue weighted by Crippen LogP contribution is -2.74. The van der Waals surface area contributed by atoms with Crippen molar-refractivity contribution in [1.29, 1.82) is 0 Å². The summed E-state index contributed by atoms with van der Waals surface area (Å²) in [5, 5.41) is 6.08. The van der Waals surface area contributed by atoms with Crippen molar-refractivity contribution in [3.63, 3.8) is 0 Å². The molecule has 0 unspecified atom stereocenters. The summed E-state index contributed by atoms with van der Waals surface area (Å²) in [6.07, 6.45) is 0. The Morgan fingerprint density at radius 1 is 0.274 bits per heavy atom. The Morgan fingerprint density at radius 2 is 0.600 bits per heavy atom. The first kappa shape index (κ1) is 61.2. The quantitative estimate of drug-likeness (QED) is 0.0941. The van der Waals surface area contributed by atoms with E-state index in [0.29, 0.717) is 5.02 Å². The highest BCUT2D eigenvalue weighted by atomic mass is 35.5. The van der Waals surface area contributed by atoms with E-state index in [2.05, 4.69) is 381 Å². The van der Waals surface area contributed by atoms with Crippen LogP contribution < -0.4 is 46.9 Å². The minimum Gasteiger partial charge on any atom is -0.310 e. The summed E-state index contributed by atoms with van der Waals surface area (Å²) in [4.78, 5) is 5.30. The molecule has 2 nitrogen and oxygen atoms in total. The van der Waals surface area contributed by atoms with Crippen LogP contribution in [0.4, 0.5) is 34.1 Å². The first-order chi connectivity index (χ1) is 45.9. The fourth-order valence-electron chi connectivity index (χ4n) is 15.0. The maximum atomic E-state index is 7.53. The highest BCUT2D eigenvalue weighted by Gasteiger charge is 2.47. The summed E-state index contributed by atoms with van der Waals surface area (Å²) < 4.78 is 0. The van der Waals surface area contributed by atoms with Crippen molar-refractivity contribution < 1.29 is 0 Å². The first-order valence-corrected chi connectivity index (χ1v) is 35.9. The third-order valence-corrected chi connectivity index (χ3v) is 24.9. The molecule has 0 fully saturated rings. The molecule has 0 saturated heterocycles. The van der Waals surface area contributed by atoms with Gasteiger partial charge in [0.1, 0.15) is 0 Å². The highest BCUT2D eigenvalue weighted by Crippen LogP contribution is 2.55. The predicted octanol–water partition coefficient (Wildman–Crippen LogP) is 20.0. The summed E-state index contributed by atoms with van der Waals surface area (Å²) in [5.41, 5.74) is 25.1. The second-order valence-electron chi connectivity index (χ2n) is 29.0. The Morgan fingerprint density at radius 3 is 0.968 bits per heavy atom. The molecule has 13 aromatic rings. The second-order valence-corrected chi connectivity index (χ2v) is 33.2. The van der Waals surface area contributed by atoms with E-state index in [1.807, 2.05) is 0 Å². The molecule has 0 atom stereocenters. The third kappa shape index (κ3) is 10.9. The van der Waals surface area contributed by atoms with E-state index in [-0.39, 0.29) is 23.0 Å². The fourth-order valence-corrected chi connectivity index (χ4v) is 19.9. The Hall–Kier alpha value is -9.97. The van der Waals surface area contributed by atoms with Gasteiger partial charge in [-0.2, -0.15) is 0 Å². The lowest BCUT2D eigenvalue weighted by atomic mass is 9.33. The van der Waals surface area contributed by atoms with Crippen LogP contribution in [0.15, 0.2) is 309 Å². The first-order valence-electron chi connectivity index (χ1n) is 33.5. The molecule has 0 radical (unpaired) electrons. The van der Waals surface area contributed by atoms with Crippen LogP contribution in [0, 0.1) is 0 Å². The van der Waals surface area contributed by atoms with Gasteiger partial charge >= 0.3 is 0 Å². The van der Waals surface area contributed by atoms with E-state index in [4.69, 9.17) is 11.6 Å². The van der Waals surface area contributed by atoms with Crippen LogP contribution >= 0.6 is 11.6 Å². The van der Waals surface area contributed by atoms with Gasteiger partial charge < -0.3 is 9.80 Å². The molecule has 0 aliphatic carbocycles. The fraction of sp³-hybridized carbons (Fsp3) is 0.133. The van der Waals surface area contributed by atoms with Crippen LogP contribution in [-0.4, -0.2) is 14.8 Å². The molecule has 13 aromatic carbocycles. The van der Waals surface area contributed by atoms with Crippen molar-refractivity contribution in [3.8, 4) is 55.6 Å². The number of halogens is 1. The van der Waals surface area contributed by atoms with Gasteiger partial charge in [-0.15, -0.1) is 0 Å². The Kier molecular flexibility index (Phi) is 15.5. The van der Waals surface area contributed by atoms with E-state index in [1.165, 1.54) is 65.0 Å². The predicted molar refractivity (Wildman–Crippen MR) is 412 cm³/mol. The van der Waals surface area contributed by atoms with Gasteiger partial charge in [-0.05, 0) is 158 Å².